The second-order valence-corrected chi connectivity index (χ2v) is 11.2. The third-order valence-corrected chi connectivity index (χ3v) is 9.42. The lowest BCUT2D eigenvalue weighted by Gasteiger charge is -2.38. The Morgan fingerprint density at radius 1 is 1.03 bits per heavy atom. The molecule has 1 aliphatic heterocycles. The van der Waals surface area contributed by atoms with Crippen LogP contribution in [0.3, 0.4) is 0 Å². The minimum absolute atomic E-state index is 0.0293. The van der Waals surface area contributed by atoms with E-state index in [1.807, 2.05) is 31.2 Å². The van der Waals surface area contributed by atoms with E-state index in [-0.39, 0.29) is 34.5 Å². The summed E-state index contributed by atoms with van der Waals surface area (Å²) in [5, 5.41) is 27.1. The van der Waals surface area contributed by atoms with Crippen LogP contribution in [0.25, 0.3) is 0 Å². The van der Waals surface area contributed by atoms with Crippen molar-refractivity contribution in [2.24, 2.45) is 5.92 Å². The number of anilines is 1. The Morgan fingerprint density at radius 3 is 2.43 bits per heavy atom. The molecule has 5 rings (SSSR count). The van der Waals surface area contributed by atoms with Gasteiger partial charge in [0, 0.05) is 22.3 Å². The summed E-state index contributed by atoms with van der Waals surface area (Å²) in [6.07, 6.45) is 0.630. The SMILES string of the molecule is CCOc1cc2c(c([N+](=O)[O-])c1)N[C@H](c1ccccc1Cl)[C@@H]1C[C@H](Sc3ccccc3[N+](=O)[O-])[C@H](Cl)[C@H]21. The van der Waals surface area contributed by atoms with Crippen molar-refractivity contribution in [2.75, 3.05) is 11.9 Å². The maximum atomic E-state index is 12.1. The number of thioether (sulfide) groups is 1. The van der Waals surface area contributed by atoms with E-state index in [1.165, 1.54) is 23.9 Å². The van der Waals surface area contributed by atoms with Crippen LogP contribution in [0.2, 0.25) is 5.02 Å². The Balaban J connectivity index is 1.63. The lowest BCUT2D eigenvalue weighted by molar-refractivity contribution is -0.387. The lowest BCUT2D eigenvalue weighted by atomic mass is 9.77. The van der Waals surface area contributed by atoms with Gasteiger partial charge in [0.25, 0.3) is 11.4 Å². The van der Waals surface area contributed by atoms with E-state index >= 15 is 0 Å². The fraction of sp³-hybridized carbons (Fsp3) is 0.308. The molecule has 3 aromatic rings. The third kappa shape index (κ3) is 4.71. The van der Waals surface area contributed by atoms with Crippen LogP contribution in [0.4, 0.5) is 17.1 Å². The fourth-order valence-electron chi connectivity index (χ4n) is 5.48. The second-order valence-electron chi connectivity index (χ2n) is 8.99. The van der Waals surface area contributed by atoms with Gasteiger partial charge in [-0.15, -0.1) is 23.4 Å². The molecule has 192 valence electrons. The topological polar surface area (TPSA) is 108 Å². The van der Waals surface area contributed by atoms with Gasteiger partial charge in [-0.1, -0.05) is 41.9 Å². The number of hydrogen-bond acceptors (Lipinski definition) is 7. The molecule has 0 radical (unpaired) electrons. The van der Waals surface area contributed by atoms with E-state index in [0.29, 0.717) is 34.4 Å². The van der Waals surface area contributed by atoms with E-state index < -0.39 is 15.2 Å². The molecule has 1 saturated carbocycles. The second kappa shape index (κ2) is 10.4. The number of rotatable bonds is 7. The molecule has 0 aromatic heterocycles. The van der Waals surface area contributed by atoms with E-state index in [9.17, 15) is 20.2 Å². The molecule has 3 aromatic carbocycles. The Labute approximate surface area is 227 Å². The molecule has 5 atom stereocenters. The van der Waals surface area contributed by atoms with Crippen LogP contribution in [0, 0.1) is 26.1 Å². The molecule has 8 nitrogen and oxygen atoms in total. The van der Waals surface area contributed by atoms with Crippen molar-refractivity contribution in [3.63, 3.8) is 0 Å². The molecule has 0 saturated heterocycles. The Bertz CT molecular complexity index is 1370. The molecule has 1 aliphatic carbocycles. The molecular weight excluding hydrogens is 537 g/mol. The third-order valence-electron chi connectivity index (χ3n) is 6.96. The van der Waals surface area contributed by atoms with Gasteiger partial charge in [0.1, 0.15) is 11.4 Å². The van der Waals surface area contributed by atoms with Gasteiger partial charge in [-0.25, -0.2) is 0 Å². The molecular formula is C26H23Cl2N3O5S. The predicted molar refractivity (Wildman–Crippen MR) is 145 cm³/mol. The number of nitrogens with zero attached hydrogens (tertiary/aromatic N) is 2. The van der Waals surface area contributed by atoms with Crippen molar-refractivity contribution in [2.45, 2.75) is 40.8 Å². The number of halogens is 2. The van der Waals surface area contributed by atoms with Crippen LogP contribution < -0.4 is 10.1 Å². The molecule has 0 unspecified atom stereocenters. The number of fused-ring (bicyclic) bond motifs is 3. The zero-order valence-electron chi connectivity index (χ0n) is 19.7. The molecule has 0 spiro atoms. The zero-order chi connectivity index (χ0) is 26.3. The van der Waals surface area contributed by atoms with E-state index in [2.05, 4.69) is 5.32 Å². The quantitative estimate of drug-likeness (QED) is 0.180. The number of hydrogen-bond donors (Lipinski definition) is 1. The first-order chi connectivity index (χ1) is 17.8. The van der Waals surface area contributed by atoms with Gasteiger partial charge in [-0.3, -0.25) is 20.2 Å². The first kappa shape index (κ1) is 25.6. The van der Waals surface area contributed by atoms with Gasteiger partial charge >= 0.3 is 0 Å². The standard InChI is InChI=1S/C26H23Cl2N3O5S/c1-2-36-14-11-16-23-17(13-22(24(23)28)37-21-10-6-5-9-19(21)30(32)33)25(15-7-3-4-8-18(15)27)29-26(16)20(12-14)31(34)35/h3-12,17,22-25,29H,2,13H2,1H3/t17-,22+,23-,24+,25-/m1/s1. The highest BCUT2D eigenvalue weighted by Gasteiger charge is 2.52. The van der Waals surface area contributed by atoms with Crippen molar-refractivity contribution in [1.82, 2.24) is 0 Å². The average molecular weight is 560 g/mol. The summed E-state index contributed by atoms with van der Waals surface area (Å²) in [4.78, 5) is 23.5. The first-order valence-electron chi connectivity index (χ1n) is 11.8. The molecule has 0 amide bonds. The monoisotopic (exact) mass is 559 g/mol. The van der Waals surface area contributed by atoms with Crippen LogP contribution in [0.5, 0.6) is 5.75 Å². The number of nitro groups is 2. The lowest BCUT2D eigenvalue weighted by Crippen LogP contribution is -2.31. The van der Waals surface area contributed by atoms with Crippen molar-refractivity contribution in [3.05, 3.63) is 97.0 Å². The highest BCUT2D eigenvalue weighted by Crippen LogP contribution is 2.60. The van der Waals surface area contributed by atoms with Gasteiger partial charge < -0.3 is 10.1 Å². The van der Waals surface area contributed by atoms with Crippen molar-refractivity contribution in [3.8, 4) is 5.75 Å². The van der Waals surface area contributed by atoms with Crippen LogP contribution in [-0.4, -0.2) is 27.1 Å². The smallest absolute Gasteiger partial charge is 0.296 e. The van der Waals surface area contributed by atoms with E-state index in [1.54, 1.807) is 24.3 Å². The van der Waals surface area contributed by atoms with E-state index in [4.69, 9.17) is 27.9 Å². The van der Waals surface area contributed by atoms with Crippen LogP contribution in [-0.2, 0) is 0 Å². The maximum Gasteiger partial charge on any atom is 0.296 e. The Morgan fingerprint density at radius 2 is 1.73 bits per heavy atom. The van der Waals surface area contributed by atoms with Crippen molar-refractivity contribution >= 4 is 52.0 Å². The summed E-state index contributed by atoms with van der Waals surface area (Å²) >= 11 is 15.1. The van der Waals surface area contributed by atoms with Crippen molar-refractivity contribution in [1.29, 1.82) is 0 Å². The van der Waals surface area contributed by atoms with Crippen LogP contribution in [0.1, 0.15) is 36.4 Å². The number of ether oxygens (including phenoxy) is 1. The van der Waals surface area contributed by atoms with Crippen LogP contribution >= 0.6 is 35.0 Å². The van der Waals surface area contributed by atoms with Crippen LogP contribution in [0.15, 0.2) is 65.6 Å². The molecule has 37 heavy (non-hydrogen) atoms. The average Bonchev–Trinajstić information content (AvgIpc) is 3.20. The van der Waals surface area contributed by atoms with E-state index in [0.717, 1.165) is 11.1 Å². The minimum atomic E-state index is -0.447. The van der Waals surface area contributed by atoms with Gasteiger partial charge in [0.05, 0.1) is 38.8 Å². The van der Waals surface area contributed by atoms with Gasteiger partial charge in [0.2, 0.25) is 0 Å². The number of alkyl halides is 1. The molecule has 2 aliphatic rings. The summed E-state index contributed by atoms with van der Waals surface area (Å²) in [5.74, 6) is 0.0774. The highest BCUT2D eigenvalue weighted by atomic mass is 35.5. The van der Waals surface area contributed by atoms with Crippen molar-refractivity contribution < 1.29 is 14.6 Å². The zero-order valence-corrected chi connectivity index (χ0v) is 22.0. The Hall–Kier alpha value is -3.01. The largest absolute Gasteiger partial charge is 0.494 e. The molecule has 1 heterocycles. The first-order valence-corrected chi connectivity index (χ1v) is 13.5. The van der Waals surface area contributed by atoms with Gasteiger partial charge in [-0.05, 0) is 48.6 Å². The molecule has 1 fully saturated rings. The fourth-order valence-corrected chi connectivity index (χ4v) is 7.67. The summed E-state index contributed by atoms with van der Waals surface area (Å²) < 4.78 is 5.67. The number of para-hydroxylation sites is 1. The molecule has 1 N–H and O–H groups in total. The number of nitro benzene ring substituents is 2. The molecule has 0 bridgehead atoms. The number of nitrogens with one attached hydrogen (secondary N) is 1. The van der Waals surface area contributed by atoms with Gasteiger partial charge in [0.15, 0.2) is 0 Å². The number of benzene rings is 3. The minimum Gasteiger partial charge on any atom is -0.494 e. The Kier molecular flexibility index (Phi) is 7.20. The summed E-state index contributed by atoms with van der Waals surface area (Å²) in [7, 11) is 0. The summed E-state index contributed by atoms with van der Waals surface area (Å²) in [6.45, 7) is 2.18. The molecule has 11 heteroatoms. The normalized spacial score (nSPS) is 24.0. The highest BCUT2D eigenvalue weighted by molar-refractivity contribution is 8.00. The summed E-state index contributed by atoms with van der Waals surface area (Å²) in [5.41, 5.74) is 1.89. The maximum absolute atomic E-state index is 12.1. The summed E-state index contributed by atoms with van der Waals surface area (Å²) in [6, 6.07) is 17.0. The predicted octanol–water partition coefficient (Wildman–Crippen LogP) is 7.59. The van der Waals surface area contributed by atoms with Gasteiger partial charge in [-0.2, -0.15) is 0 Å².